The molecule has 5 aliphatic carbocycles. The van der Waals surface area contributed by atoms with Crippen molar-refractivity contribution in [2.45, 2.75) is 25.3 Å². The van der Waals surface area contributed by atoms with Gasteiger partial charge in [0.25, 0.3) is 0 Å². The molecule has 0 saturated heterocycles. The summed E-state index contributed by atoms with van der Waals surface area (Å²) in [5.74, 6) is 6.45. The van der Waals surface area contributed by atoms with Crippen LogP contribution in [0, 0.1) is 35.5 Å². The number of hydrogen-bond acceptors (Lipinski definition) is 1. The molecule has 0 amide bonds. The molecule has 60 valence electrons. The fourth-order valence-corrected chi connectivity index (χ4v) is 4.87. The monoisotopic (exact) mass is 149 g/mol. The van der Waals surface area contributed by atoms with Gasteiger partial charge in [0.15, 0.2) is 0 Å². The molecule has 0 aromatic heterocycles. The van der Waals surface area contributed by atoms with Gasteiger partial charge in [0.05, 0.1) is 0 Å². The van der Waals surface area contributed by atoms with E-state index < -0.39 is 0 Å². The lowest BCUT2D eigenvalue weighted by molar-refractivity contribution is 0.104. The second-order valence-electron chi connectivity index (χ2n) is 5.30. The highest BCUT2D eigenvalue weighted by Gasteiger charge is 2.70. The Morgan fingerprint density at radius 3 is 1.91 bits per heavy atom. The maximum Gasteiger partial charge on any atom is 0.0102 e. The topological polar surface area (TPSA) is 26.0 Å². The van der Waals surface area contributed by atoms with E-state index in [0.717, 1.165) is 35.5 Å². The van der Waals surface area contributed by atoms with Crippen molar-refractivity contribution in [1.82, 2.24) is 0 Å². The van der Waals surface area contributed by atoms with Gasteiger partial charge in [-0.3, -0.25) is 0 Å². The van der Waals surface area contributed by atoms with E-state index in [4.69, 9.17) is 5.73 Å². The van der Waals surface area contributed by atoms with Crippen molar-refractivity contribution < 1.29 is 0 Å². The van der Waals surface area contributed by atoms with Crippen LogP contribution in [0.1, 0.15) is 19.3 Å². The van der Waals surface area contributed by atoms with E-state index in [9.17, 15) is 0 Å². The van der Waals surface area contributed by atoms with Crippen LogP contribution in [0.4, 0.5) is 0 Å². The van der Waals surface area contributed by atoms with Crippen LogP contribution in [-0.4, -0.2) is 6.04 Å². The Morgan fingerprint density at radius 1 is 0.727 bits per heavy atom. The number of nitrogens with two attached hydrogens (primary N) is 1. The van der Waals surface area contributed by atoms with Gasteiger partial charge < -0.3 is 5.73 Å². The second kappa shape index (κ2) is 1.39. The number of hydrogen-bond donors (Lipinski definition) is 1. The lowest BCUT2D eigenvalue weighted by Crippen LogP contribution is -2.45. The fraction of sp³-hybridized carbons (Fsp3) is 1.00. The van der Waals surface area contributed by atoms with Crippen molar-refractivity contribution in [2.75, 3.05) is 0 Å². The third kappa shape index (κ3) is 0.438. The molecule has 5 atom stereocenters. The van der Waals surface area contributed by atoms with Crippen LogP contribution in [0.2, 0.25) is 0 Å². The summed E-state index contributed by atoms with van der Waals surface area (Å²) in [7, 11) is 0. The first kappa shape index (κ1) is 5.58. The standard InChI is InChI=1S/C10H15N/c11-10-6-2-4-1-5(3-6)8-7(4)9(8)10/h4-10H,1-3,11H2. The summed E-state index contributed by atoms with van der Waals surface area (Å²) in [6.45, 7) is 0. The van der Waals surface area contributed by atoms with Crippen molar-refractivity contribution in [1.29, 1.82) is 0 Å². The first-order valence-electron chi connectivity index (χ1n) is 5.12. The second-order valence-corrected chi connectivity index (χ2v) is 5.30. The van der Waals surface area contributed by atoms with Crippen LogP contribution in [0.5, 0.6) is 0 Å². The van der Waals surface area contributed by atoms with Crippen molar-refractivity contribution in [3.05, 3.63) is 0 Å². The molecule has 0 aromatic rings. The van der Waals surface area contributed by atoms with Crippen LogP contribution in [0.3, 0.4) is 0 Å². The molecule has 2 N–H and O–H groups in total. The van der Waals surface area contributed by atoms with E-state index >= 15 is 0 Å². The van der Waals surface area contributed by atoms with Gasteiger partial charge in [-0.15, -0.1) is 0 Å². The zero-order chi connectivity index (χ0) is 7.16. The molecular formula is C10H15N. The molecule has 0 spiro atoms. The van der Waals surface area contributed by atoms with Crippen molar-refractivity contribution in [2.24, 2.45) is 41.2 Å². The summed E-state index contributed by atoms with van der Waals surface area (Å²) in [4.78, 5) is 0. The van der Waals surface area contributed by atoms with Crippen molar-refractivity contribution in [3.63, 3.8) is 0 Å². The van der Waals surface area contributed by atoms with Crippen LogP contribution in [0.15, 0.2) is 0 Å². The molecule has 0 aromatic carbocycles. The Bertz CT molecular complexity index is 193. The zero-order valence-electron chi connectivity index (χ0n) is 6.74. The van der Waals surface area contributed by atoms with Crippen LogP contribution >= 0.6 is 0 Å². The quantitative estimate of drug-likeness (QED) is 0.551. The summed E-state index contributed by atoms with van der Waals surface area (Å²) in [6, 6.07) is 0.623. The van der Waals surface area contributed by atoms with Crippen LogP contribution in [-0.2, 0) is 0 Å². The summed E-state index contributed by atoms with van der Waals surface area (Å²) < 4.78 is 0. The molecule has 5 saturated carbocycles. The third-order valence-corrected chi connectivity index (χ3v) is 5.09. The molecule has 0 aliphatic heterocycles. The summed E-state index contributed by atoms with van der Waals surface area (Å²) in [5.41, 5.74) is 6.19. The molecule has 5 aliphatic rings. The SMILES string of the molecule is NC1C2CC3CC(C2)C2C3C12. The molecule has 1 heteroatoms. The van der Waals surface area contributed by atoms with Gasteiger partial charge in [0.1, 0.15) is 0 Å². The summed E-state index contributed by atoms with van der Waals surface area (Å²) in [6.07, 6.45) is 4.57. The van der Waals surface area contributed by atoms with Gasteiger partial charge in [-0.2, -0.15) is 0 Å². The Kier molecular flexibility index (Phi) is 0.706. The van der Waals surface area contributed by atoms with Crippen molar-refractivity contribution >= 4 is 0 Å². The molecule has 0 radical (unpaired) electrons. The van der Waals surface area contributed by atoms with E-state index in [1.165, 1.54) is 12.8 Å². The zero-order valence-corrected chi connectivity index (χ0v) is 6.74. The Labute approximate surface area is 67.3 Å². The molecular weight excluding hydrogens is 134 g/mol. The average molecular weight is 149 g/mol. The Balaban J connectivity index is 1.85. The lowest BCUT2D eigenvalue weighted by Gasteiger charge is -2.42. The minimum Gasteiger partial charge on any atom is -0.327 e. The highest BCUT2D eigenvalue weighted by Crippen LogP contribution is 2.74. The van der Waals surface area contributed by atoms with Gasteiger partial charge in [-0.25, -0.2) is 0 Å². The molecule has 4 bridgehead atoms. The first-order chi connectivity index (χ1) is 5.36. The normalized spacial score (nSPS) is 75.5. The van der Waals surface area contributed by atoms with Crippen molar-refractivity contribution in [3.8, 4) is 0 Å². The van der Waals surface area contributed by atoms with E-state index in [0.29, 0.717) is 6.04 Å². The molecule has 5 rings (SSSR count). The maximum atomic E-state index is 6.19. The smallest absolute Gasteiger partial charge is 0.0102 e. The summed E-state index contributed by atoms with van der Waals surface area (Å²) in [5, 5.41) is 0. The molecule has 5 unspecified atom stereocenters. The van der Waals surface area contributed by atoms with Crippen LogP contribution in [0.25, 0.3) is 0 Å². The Morgan fingerprint density at radius 2 is 1.27 bits per heavy atom. The minimum atomic E-state index is 0.623. The minimum absolute atomic E-state index is 0.623. The first-order valence-corrected chi connectivity index (χ1v) is 5.12. The molecule has 5 fully saturated rings. The highest BCUT2D eigenvalue weighted by atomic mass is 14.9. The molecule has 0 heterocycles. The molecule has 1 nitrogen and oxygen atoms in total. The highest BCUT2D eigenvalue weighted by molar-refractivity contribution is 5.20. The van der Waals surface area contributed by atoms with Crippen LogP contribution < -0.4 is 5.73 Å². The van der Waals surface area contributed by atoms with Gasteiger partial charge in [-0.1, -0.05) is 0 Å². The maximum absolute atomic E-state index is 6.19. The van der Waals surface area contributed by atoms with Gasteiger partial charge in [0.2, 0.25) is 0 Å². The van der Waals surface area contributed by atoms with E-state index in [1.54, 1.807) is 6.42 Å². The summed E-state index contributed by atoms with van der Waals surface area (Å²) >= 11 is 0. The number of rotatable bonds is 0. The van der Waals surface area contributed by atoms with Gasteiger partial charge >= 0.3 is 0 Å². The average Bonchev–Trinajstić information content (AvgIpc) is 2.69. The fourth-order valence-electron chi connectivity index (χ4n) is 4.87. The predicted octanol–water partition coefficient (Wildman–Crippen LogP) is 1.24. The van der Waals surface area contributed by atoms with Gasteiger partial charge in [0, 0.05) is 6.04 Å². The largest absolute Gasteiger partial charge is 0.327 e. The third-order valence-electron chi connectivity index (χ3n) is 5.09. The van der Waals surface area contributed by atoms with E-state index in [-0.39, 0.29) is 0 Å². The lowest BCUT2D eigenvalue weighted by atomic mass is 9.65. The predicted molar refractivity (Wildman–Crippen MR) is 42.8 cm³/mol. The molecule has 11 heavy (non-hydrogen) atoms. The van der Waals surface area contributed by atoms with Gasteiger partial charge in [-0.05, 0) is 54.8 Å². The Hall–Kier alpha value is -0.0400. The van der Waals surface area contributed by atoms with E-state index in [2.05, 4.69) is 0 Å². The van der Waals surface area contributed by atoms with E-state index in [1.807, 2.05) is 0 Å².